The molecule has 2 unspecified atom stereocenters. The Labute approximate surface area is 92.2 Å². The molecule has 0 radical (unpaired) electrons. The van der Waals surface area contributed by atoms with Gasteiger partial charge in [-0.3, -0.25) is 9.69 Å². The minimum atomic E-state index is -0.227. The van der Waals surface area contributed by atoms with Crippen LogP contribution in [0, 0.1) is 0 Å². The van der Waals surface area contributed by atoms with Gasteiger partial charge in [0, 0.05) is 18.1 Å². The van der Waals surface area contributed by atoms with Crippen molar-refractivity contribution in [3.8, 4) is 0 Å². The SMILES string of the molecule is CC1CC(N(CC(N)=O)C(C)C)CCN1. The molecule has 0 bridgehead atoms. The van der Waals surface area contributed by atoms with Crippen molar-refractivity contribution in [2.45, 2.75) is 51.7 Å². The fraction of sp³-hybridized carbons (Fsp3) is 0.909. The van der Waals surface area contributed by atoms with E-state index in [1.165, 1.54) is 0 Å². The maximum absolute atomic E-state index is 11.0. The van der Waals surface area contributed by atoms with E-state index in [0.29, 0.717) is 24.7 Å². The highest BCUT2D eigenvalue weighted by molar-refractivity contribution is 5.76. The van der Waals surface area contributed by atoms with Crippen molar-refractivity contribution in [3.63, 3.8) is 0 Å². The summed E-state index contributed by atoms with van der Waals surface area (Å²) in [5, 5.41) is 3.42. The summed E-state index contributed by atoms with van der Waals surface area (Å²) in [6.07, 6.45) is 2.21. The zero-order valence-corrected chi connectivity index (χ0v) is 9.99. The largest absolute Gasteiger partial charge is 0.369 e. The number of carbonyl (C=O) groups is 1. The van der Waals surface area contributed by atoms with Crippen molar-refractivity contribution in [2.24, 2.45) is 5.73 Å². The molecule has 0 spiro atoms. The second-order valence-corrected chi connectivity index (χ2v) is 4.77. The average molecular weight is 213 g/mol. The van der Waals surface area contributed by atoms with E-state index in [2.05, 4.69) is 31.0 Å². The first-order valence-corrected chi connectivity index (χ1v) is 5.78. The third kappa shape index (κ3) is 3.80. The predicted molar refractivity (Wildman–Crippen MR) is 61.5 cm³/mol. The van der Waals surface area contributed by atoms with E-state index in [-0.39, 0.29) is 5.91 Å². The van der Waals surface area contributed by atoms with Crippen LogP contribution in [0.2, 0.25) is 0 Å². The molecule has 0 aliphatic carbocycles. The summed E-state index contributed by atoms with van der Waals surface area (Å²) in [5.41, 5.74) is 5.28. The Hall–Kier alpha value is -0.610. The van der Waals surface area contributed by atoms with Crippen molar-refractivity contribution in [3.05, 3.63) is 0 Å². The van der Waals surface area contributed by atoms with Crippen LogP contribution in [0.3, 0.4) is 0 Å². The van der Waals surface area contributed by atoms with Crippen LogP contribution in [0.15, 0.2) is 0 Å². The molecule has 0 aromatic carbocycles. The topological polar surface area (TPSA) is 58.4 Å². The van der Waals surface area contributed by atoms with Gasteiger partial charge in [0.05, 0.1) is 6.54 Å². The van der Waals surface area contributed by atoms with E-state index in [0.717, 1.165) is 19.4 Å². The number of amides is 1. The molecule has 0 aromatic heterocycles. The van der Waals surface area contributed by atoms with Gasteiger partial charge in [0.2, 0.25) is 5.91 Å². The molecule has 1 aliphatic rings. The average Bonchev–Trinajstić information content (AvgIpc) is 2.13. The number of rotatable bonds is 4. The molecule has 1 fully saturated rings. The molecule has 0 saturated carbocycles. The van der Waals surface area contributed by atoms with Gasteiger partial charge in [-0.05, 0) is 40.2 Å². The van der Waals surface area contributed by atoms with E-state index in [1.54, 1.807) is 0 Å². The first-order chi connectivity index (χ1) is 7.00. The van der Waals surface area contributed by atoms with Crippen LogP contribution < -0.4 is 11.1 Å². The van der Waals surface area contributed by atoms with Gasteiger partial charge in [-0.1, -0.05) is 0 Å². The Morgan fingerprint density at radius 1 is 1.60 bits per heavy atom. The highest BCUT2D eigenvalue weighted by Gasteiger charge is 2.26. The number of hydrogen-bond donors (Lipinski definition) is 2. The van der Waals surface area contributed by atoms with Gasteiger partial charge in [-0.15, -0.1) is 0 Å². The molecule has 4 nitrogen and oxygen atoms in total. The zero-order chi connectivity index (χ0) is 11.4. The lowest BCUT2D eigenvalue weighted by atomic mass is 9.98. The number of piperidine rings is 1. The minimum absolute atomic E-state index is 0.227. The van der Waals surface area contributed by atoms with E-state index in [4.69, 9.17) is 5.73 Å². The van der Waals surface area contributed by atoms with Crippen LogP contribution in [-0.4, -0.2) is 42.0 Å². The normalized spacial score (nSPS) is 27.3. The molecule has 1 aliphatic heterocycles. The molecule has 1 saturated heterocycles. The summed E-state index contributed by atoms with van der Waals surface area (Å²) in [5.74, 6) is -0.227. The van der Waals surface area contributed by atoms with Crippen molar-refractivity contribution in [1.82, 2.24) is 10.2 Å². The lowest BCUT2D eigenvalue weighted by molar-refractivity contribution is -0.120. The van der Waals surface area contributed by atoms with Crippen LogP contribution in [0.4, 0.5) is 0 Å². The van der Waals surface area contributed by atoms with E-state index in [9.17, 15) is 4.79 Å². The molecule has 4 heteroatoms. The summed E-state index contributed by atoms with van der Waals surface area (Å²) in [6.45, 7) is 7.85. The third-order valence-electron chi connectivity index (χ3n) is 3.07. The van der Waals surface area contributed by atoms with Gasteiger partial charge < -0.3 is 11.1 Å². The van der Waals surface area contributed by atoms with Crippen LogP contribution in [0.1, 0.15) is 33.6 Å². The molecule has 2 atom stereocenters. The Morgan fingerprint density at radius 3 is 2.73 bits per heavy atom. The zero-order valence-electron chi connectivity index (χ0n) is 9.99. The maximum atomic E-state index is 11.0. The number of nitrogens with two attached hydrogens (primary N) is 1. The fourth-order valence-electron chi connectivity index (χ4n) is 2.32. The molecule has 88 valence electrons. The molecule has 0 aromatic rings. The lowest BCUT2D eigenvalue weighted by Gasteiger charge is -2.38. The van der Waals surface area contributed by atoms with E-state index in [1.807, 2.05) is 0 Å². The van der Waals surface area contributed by atoms with Crippen LogP contribution >= 0.6 is 0 Å². The third-order valence-corrected chi connectivity index (χ3v) is 3.07. The molecular formula is C11H23N3O. The number of hydrogen-bond acceptors (Lipinski definition) is 3. The molecule has 15 heavy (non-hydrogen) atoms. The molecule has 3 N–H and O–H groups in total. The van der Waals surface area contributed by atoms with Gasteiger partial charge in [0.25, 0.3) is 0 Å². The number of carbonyl (C=O) groups excluding carboxylic acids is 1. The maximum Gasteiger partial charge on any atom is 0.231 e. The quantitative estimate of drug-likeness (QED) is 0.707. The molecular weight excluding hydrogens is 190 g/mol. The first-order valence-electron chi connectivity index (χ1n) is 5.78. The smallest absolute Gasteiger partial charge is 0.231 e. The van der Waals surface area contributed by atoms with Gasteiger partial charge >= 0.3 is 0 Å². The summed E-state index contributed by atoms with van der Waals surface area (Å²) in [4.78, 5) is 13.2. The first kappa shape index (κ1) is 12.5. The molecule has 1 amide bonds. The van der Waals surface area contributed by atoms with Crippen molar-refractivity contribution >= 4 is 5.91 Å². The Bertz CT molecular complexity index is 218. The second kappa shape index (κ2) is 5.47. The lowest BCUT2D eigenvalue weighted by Crippen LogP contribution is -2.51. The van der Waals surface area contributed by atoms with E-state index >= 15 is 0 Å². The number of nitrogens with one attached hydrogen (secondary N) is 1. The predicted octanol–water partition coefficient (Wildman–Crippen LogP) is 0.323. The summed E-state index contributed by atoms with van der Waals surface area (Å²) < 4.78 is 0. The second-order valence-electron chi connectivity index (χ2n) is 4.77. The summed E-state index contributed by atoms with van der Waals surface area (Å²) in [7, 11) is 0. The van der Waals surface area contributed by atoms with Crippen molar-refractivity contribution < 1.29 is 4.79 Å². The number of nitrogens with zero attached hydrogens (tertiary/aromatic N) is 1. The van der Waals surface area contributed by atoms with Gasteiger partial charge in [-0.2, -0.15) is 0 Å². The van der Waals surface area contributed by atoms with Crippen LogP contribution in [-0.2, 0) is 4.79 Å². The van der Waals surface area contributed by atoms with Crippen LogP contribution in [0.5, 0.6) is 0 Å². The standard InChI is InChI=1S/C11H23N3O/c1-8(2)14(7-11(12)15)10-4-5-13-9(3)6-10/h8-10,13H,4-7H2,1-3H3,(H2,12,15). The summed E-state index contributed by atoms with van der Waals surface area (Å²) in [6, 6.07) is 1.42. The molecule has 1 heterocycles. The Balaban J connectivity index is 2.57. The Morgan fingerprint density at radius 2 is 2.27 bits per heavy atom. The van der Waals surface area contributed by atoms with Crippen molar-refractivity contribution in [1.29, 1.82) is 0 Å². The number of primary amides is 1. The van der Waals surface area contributed by atoms with Gasteiger partial charge in [0.1, 0.15) is 0 Å². The van der Waals surface area contributed by atoms with Gasteiger partial charge in [0.15, 0.2) is 0 Å². The fourth-order valence-corrected chi connectivity index (χ4v) is 2.32. The highest BCUT2D eigenvalue weighted by Crippen LogP contribution is 2.17. The minimum Gasteiger partial charge on any atom is -0.369 e. The van der Waals surface area contributed by atoms with E-state index < -0.39 is 0 Å². The molecule has 1 rings (SSSR count). The Kier molecular flexibility index (Phi) is 4.54. The van der Waals surface area contributed by atoms with Crippen molar-refractivity contribution in [2.75, 3.05) is 13.1 Å². The van der Waals surface area contributed by atoms with Crippen LogP contribution in [0.25, 0.3) is 0 Å². The highest BCUT2D eigenvalue weighted by atomic mass is 16.1. The van der Waals surface area contributed by atoms with Gasteiger partial charge in [-0.25, -0.2) is 0 Å². The summed E-state index contributed by atoms with van der Waals surface area (Å²) >= 11 is 0. The monoisotopic (exact) mass is 213 g/mol.